The molecule has 0 unspecified atom stereocenters. The highest BCUT2D eigenvalue weighted by molar-refractivity contribution is 6.04. The Morgan fingerprint density at radius 3 is 2.13 bits per heavy atom. The predicted molar refractivity (Wildman–Crippen MR) is 95.3 cm³/mol. The first kappa shape index (κ1) is 17.1. The Morgan fingerprint density at radius 2 is 1.61 bits per heavy atom. The van der Waals surface area contributed by atoms with Crippen LogP contribution >= 0.6 is 0 Å². The van der Waals surface area contributed by atoms with Crippen molar-refractivity contribution >= 4 is 11.6 Å². The molecule has 1 atom stereocenters. The van der Waals surface area contributed by atoms with E-state index in [0.717, 1.165) is 17.9 Å². The molecular formula is C20H25NO2. The lowest BCUT2D eigenvalue weighted by Crippen LogP contribution is -2.12. The molecule has 0 heterocycles. The highest BCUT2D eigenvalue weighted by Crippen LogP contribution is 2.21. The summed E-state index contributed by atoms with van der Waals surface area (Å²) in [5.41, 5.74) is 2.72. The molecule has 0 saturated carbocycles. The standard InChI is InChI=1S/C20H25NO2/c1-5-15(4)16-6-10-18(11-7-16)21-20(22)17-8-12-19(13-9-17)23-14(2)3/h6-15H,5H2,1-4H3,(H,21,22)/t15-/m1/s1. The number of nitrogens with one attached hydrogen (secondary N) is 1. The van der Waals surface area contributed by atoms with Crippen LogP contribution in [0.25, 0.3) is 0 Å². The van der Waals surface area contributed by atoms with Gasteiger partial charge in [-0.15, -0.1) is 0 Å². The Labute approximate surface area is 138 Å². The molecule has 0 radical (unpaired) electrons. The Hall–Kier alpha value is -2.29. The molecule has 1 amide bonds. The van der Waals surface area contributed by atoms with E-state index in [0.29, 0.717) is 11.5 Å². The van der Waals surface area contributed by atoms with Crippen molar-refractivity contribution in [3.8, 4) is 5.75 Å². The van der Waals surface area contributed by atoms with Crippen molar-refractivity contribution in [3.63, 3.8) is 0 Å². The van der Waals surface area contributed by atoms with Gasteiger partial charge in [-0.25, -0.2) is 0 Å². The minimum absolute atomic E-state index is 0.114. The van der Waals surface area contributed by atoms with Crippen LogP contribution in [0.15, 0.2) is 48.5 Å². The molecule has 23 heavy (non-hydrogen) atoms. The Bertz CT molecular complexity index is 630. The molecule has 0 spiro atoms. The van der Waals surface area contributed by atoms with Gasteiger partial charge in [-0.3, -0.25) is 4.79 Å². The number of rotatable bonds is 6. The number of amides is 1. The van der Waals surface area contributed by atoms with Crippen molar-refractivity contribution in [2.75, 3.05) is 5.32 Å². The lowest BCUT2D eigenvalue weighted by Gasteiger charge is -2.11. The number of carbonyl (C=O) groups is 1. The van der Waals surface area contributed by atoms with E-state index in [1.165, 1.54) is 5.56 Å². The van der Waals surface area contributed by atoms with Crippen molar-refractivity contribution in [2.45, 2.75) is 46.1 Å². The molecule has 0 aliphatic carbocycles. The second kappa shape index (κ2) is 7.82. The van der Waals surface area contributed by atoms with Gasteiger partial charge in [-0.2, -0.15) is 0 Å². The van der Waals surface area contributed by atoms with E-state index >= 15 is 0 Å². The quantitative estimate of drug-likeness (QED) is 0.792. The summed E-state index contributed by atoms with van der Waals surface area (Å²) in [6, 6.07) is 15.3. The van der Waals surface area contributed by atoms with E-state index < -0.39 is 0 Å². The topological polar surface area (TPSA) is 38.3 Å². The second-order valence-corrected chi connectivity index (χ2v) is 6.08. The first-order chi connectivity index (χ1) is 11.0. The fraction of sp³-hybridized carbons (Fsp3) is 0.350. The van der Waals surface area contributed by atoms with Crippen molar-refractivity contribution < 1.29 is 9.53 Å². The van der Waals surface area contributed by atoms with Crippen molar-refractivity contribution in [1.82, 2.24) is 0 Å². The van der Waals surface area contributed by atoms with Crippen molar-refractivity contribution in [1.29, 1.82) is 0 Å². The zero-order valence-electron chi connectivity index (χ0n) is 14.3. The normalized spacial score (nSPS) is 12.0. The van der Waals surface area contributed by atoms with E-state index in [1.807, 2.05) is 38.1 Å². The molecule has 0 saturated heterocycles. The Morgan fingerprint density at radius 1 is 1.00 bits per heavy atom. The van der Waals surface area contributed by atoms with Crippen LogP contribution in [-0.4, -0.2) is 12.0 Å². The molecular weight excluding hydrogens is 286 g/mol. The average molecular weight is 311 g/mol. The van der Waals surface area contributed by atoms with Crippen molar-refractivity contribution in [3.05, 3.63) is 59.7 Å². The third kappa shape index (κ3) is 4.85. The average Bonchev–Trinajstić information content (AvgIpc) is 2.55. The first-order valence-corrected chi connectivity index (χ1v) is 8.17. The highest BCUT2D eigenvalue weighted by Gasteiger charge is 2.08. The zero-order valence-corrected chi connectivity index (χ0v) is 14.3. The molecule has 0 bridgehead atoms. The third-order valence-corrected chi connectivity index (χ3v) is 3.84. The molecule has 3 nitrogen and oxygen atoms in total. The van der Waals surface area contributed by atoms with E-state index in [9.17, 15) is 4.79 Å². The van der Waals surface area contributed by atoms with Gasteiger partial charge in [0.05, 0.1) is 6.10 Å². The molecule has 0 aliphatic rings. The van der Waals surface area contributed by atoms with E-state index in [-0.39, 0.29) is 12.0 Å². The molecule has 3 heteroatoms. The number of ether oxygens (including phenoxy) is 1. The maximum Gasteiger partial charge on any atom is 0.255 e. The molecule has 0 fully saturated rings. The van der Waals surface area contributed by atoms with E-state index in [2.05, 4.69) is 31.3 Å². The molecule has 0 aliphatic heterocycles. The smallest absolute Gasteiger partial charge is 0.255 e. The molecule has 2 aromatic carbocycles. The fourth-order valence-corrected chi connectivity index (χ4v) is 2.29. The summed E-state index contributed by atoms with van der Waals surface area (Å²) in [6.45, 7) is 8.33. The minimum Gasteiger partial charge on any atom is -0.491 e. The lowest BCUT2D eigenvalue weighted by molar-refractivity contribution is 0.102. The third-order valence-electron chi connectivity index (χ3n) is 3.84. The molecule has 0 aromatic heterocycles. The van der Waals surface area contributed by atoms with Crippen LogP contribution in [0.4, 0.5) is 5.69 Å². The van der Waals surface area contributed by atoms with Crippen LogP contribution in [0.1, 0.15) is 56.0 Å². The molecule has 2 rings (SSSR count). The molecule has 1 N–H and O–H groups in total. The SMILES string of the molecule is CC[C@@H](C)c1ccc(NC(=O)c2ccc(OC(C)C)cc2)cc1. The van der Waals surface area contributed by atoms with Gasteiger partial charge in [-0.1, -0.05) is 26.0 Å². The number of anilines is 1. The summed E-state index contributed by atoms with van der Waals surface area (Å²) in [5.74, 6) is 1.19. The maximum atomic E-state index is 12.3. The van der Waals surface area contributed by atoms with Gasteiger partial charge in [-0.05, 0) is 68.1 Å². The Kier molecular flexibility index (Phi) is 5.80. The van der Waals surface area contributed by atoms with Gasteiger partial charge in [0.2, 0.25) is 0 Å². The van der Waals surface area contributed by atoms with Crippen molar-refractivity contribution in [2.24, 2.45) is 0 Å². The Balaban J connectivity index is 2.01. The van der Waals surface area contributed by atoms with Crippen LogP contribution in [0, 0.1) is 0 Å². The van der Waals surface area contributed by atoms with Gasteiger partial charge in [0, 0.05) is 11.3 Å². The van der Waals surface area contributed by atoms with Crippen LogP contribution < -0.4 is 10.1 Å². The van der Waals surface area contributed by atoms with E-state index in [1.54, 1.807) is 12.1 Å². The fourth-order valence-electron chi connectivity index (χ4n) is 2.29. The predicted octanol–water partition coefficient (Wildman–Crippen LogP) is 5.24. The van der Waals surface area contributed by atoms with Gasteiger partial charge in [0.25, 0.3) is 5.91 Å². The minimum atomic E-state index is -0.114. The van der Waals surface area contributed by atoms with Gasteiger partial charge < -0.3 is 10.1 Å². The summed E-state index contributed by atoms with van der Waals surface area (Å²) in [7, 11) is 0. The second-order valence-electron chi connectivity index (χ2n) is 6.08. The van der Waals surface area contributed by atoms with Crippen LogP contribution in [-0.2, 0) is 0 Å². The lowest BCUT2D eigenvalue weighted by atomic mass is 9.98. The number of benzene rings is 2. The highest BCUT2D eigenvalue weighted by atomic mass is 16.5. The van der Waals surface area contributed by atoms with Gasteiger partial charge in [0.1, 0.15) is 5.75 Å². The summed E-state index contributed by atoms with van der Waals surface area (Å²) in [5, 5.41) is 2.92. The first-order valence-electron chi connectivity index (χ1n) is 8.17. The number of carbonyl (C=O) groups excluding carboxylic acids is 1. The van der Waals surface area contributed by atoms with Crippen LogP contribution in [0.2, 0.25) is 0 Å². The van der Waals surface area contributed by atoms with Gasteiger partial charge in [0.15, 0.2) is 0 Å². The van der Waals surface area contributed by atoms with Crippen LogP contribution in [0.5, 0.6) is 5.75 Å². The summed E-state index contributed by atoms with van der Waals surface area (Å²) >= 11 is 0. The van der Waals surface area contributed by atoms with E-state index in [4.69, 9.17) is 4.74 Å². The summed E-state index contributed by atoms with van der Waals surface area (Å²) in [4.78, 5) is 12.3. The van der Waals surface area contributed by atoms with Crippen LogP contribution in [0.3, 0.4) is 0 Å². The maximum absolute atomic E-state index is 12.3. The molecule has 2 aromatic rings. The summed E-state index contributed by atoms with van der Waals surface area (Å²) in [6.07, 6.45) is 1.23. The number of hydrogen-bond acceptors (Lipinski definition) is 2. The zero-order chi connectivity index (χ0) is 16.8. The monoisotopic (exact) mass is 311 g/mol. The number of hydrogen-bond donors (Lipinski definition) is 1. The molecule has 122 valence electrons. The summed E-state index contributed by atoms with van der Waals surface area (Å²) < 4.78 is 5.58. The van der Waals surface area contributed by atoms with Gasteiger partial charge >= 0.3 is 0 Å². The largest absolute Gasteiger partial charge is 0.491 e.